The van der Waals surface area contributed by atoms with Crippen LogP contribution in [-0.4, -0.2) is 9.72 Å². The van der Waals surface area contributed by atoms with Gasteiger partial charge in [-0.2, -0.15) is 0 Å². The summed E-state index contributed by atoms with van der Waals surface area (Å²) in [4.78, 5) is 12.5. The second-order valence-corrected chi connectivity index (χ2v) is 5.06. The molecule has 0 amide bonds. The highest BCUT2D eigenvalue weighted by Crippen LogP contribution is 2.24. The molecule has 4 nitrogen and oxygen atoms in total. The van der Waals surface area contributed by atoms with Crippen LogP contribution in [0.1, 0.15) is 12.6 Å². The average Bonchev–Trinajstić information content (AvgIpc) is 2.87. The van der Waals surface area contributed by atoms with E-state index >= 15 is 0 Å². The summed E-state index contributed by atoms with van der Waals surface area (Å²) < 4.78 is 6.89. The zero-order valence-corrected chi connectivity index (χ0v) is 11.9. The summed E-state index contributed by atoms with van der Waals surface area (Å²) in [6.45, 7) is 1.95. The van der Waals surface area contributed by atoms with Crippen molar-refractivity contribution in [2.45, 2.75) is 13.3 Å². The Hall–Kier alpha value is -2.07. The van der Waals surface area contributed by atoms with Gasteiger partial charge in [-0.3, -0.25) is 4.79 Å². The summed E-state index contributed by atoms with van der Waals surface area (Å²) in [5.41, 5.74) is 2.81. The van der Waals surface area contributed by atoms with Crippen molar-refractivity contribution in [3.63, 3.8) is 0 Å². The number of benzene rings is 1. The first kappa shape index (κ1) is 12.9. The lowest BCUT2D eigenvalue weighted by atomic mass is 10.1. The van der Waals surface area contributed by atoms with Gasteiger partial charge >= 0.3 is 0 Å². The van der Waals surface area contributed by atoms with Gasteiger partial charge in [-0.25, -0.2) is 0 Å². The molecule has 102 valence electrons. The molecule has 0 aliphatic heterocycles. The van der Waals surface area contributed by atoms with Crippen molar-refractivity contribution in [3.8, 4) is 11.3 Å². The van der Waals surface area contributed by atoms with Crippen LogP contribution in [-0.2, 0) is 13.5 Å². The molecule has 5 heteroatoms. The normalized spacial score (nSPS) is 11.2. The number of halogens is 1. The molecular formula is C15H13ClN2O2. The van der Waals surface area contributed by atoms with Crippen molar-refractivity contribution in [1.29, 1.82) is 0 Å². The van der Waals surface area contributed by atoms with Crippen LogP contribution < -0.4 is 5.56 Å². The van der Waals surface area contributed by atoms with Crippen LogP contribution in [0.3, 0.4) is 0 Å². The molecule has 0 N–H and O–H groups in total. The van der Waals surface area contributed by atoms with Crippen LogP contribution in [0.4, 0.5) is 0 Å². The van der Waals surface area contributed by atoms with Crippen LogP contribution in [0.25, 0.3) is 22.2 Å². The molecule has 3 rings (SSSR count). The van der Waals surface area contributed by atoms with Crippen LogP contribution in [0.2, 0.25) is 5.02 Å². The average molecular weight is 289 g/mol. The Kier molecular flexibility index (Phi) is 3.10. The topological polar surface area (TPSA) is 48.0 Å². The van der Waals surface area contributed by atoms with E-state index in [0.29, 0.717) is 28.1 Å². The first-order valence-corrected chi connectivity index (χ1v) is 6.74. The number of hydrogen-bond acceptors (Lipinski definition) is 3. The third-order valence-electron chi connectivity index (χ3n) is 3.41. The second kappa shape index (κ2) is 4.80. The first-order valence-electron chi connectivity index (χ1n) is 6.36. The Labute approximate surface area is 120 Å². The zero-order valence-electron chi connectivity index (χ0n) is 11.2. The van der Waals surface area contributed by atoms with Gasteiger partial charge in [0.25, 0.3) is 5.56 Å². The maximum atomic E-state index is 12.5. The van der Waals surface area contributed by atoms with Gasteiger partial charge < -0.3 is 9.09 Å². The third-order valence-corrected chi connectivity index (χ3v) is 3.66. The maximum absolute atomic E-state index is 12.5. The van der Waals surface area contributed by atoms with Gasteiger partial charge in [0.05, 0.1) is 11.4 Å². The molecule has 0 fully saturated rings. The summed E-state index contributed by atoms with van der Waals surface area (Å²) in [5, 5.41) is 5.18. The maximum Gasteiger partial charge on any atom is 0.263 e. The van der Waals surface area contributed by atoms with E-state index in [1.165, 1.54) is 0 Å². The number of hydrogen-bond donors (Lipinski definition) is 0. The quantitative estimate of drug-likeness (QED) is 0.726. The third kappa shape index (κ3) is 1.93. The number of aromatic nitrogens is 2. The van der Waals surface area contributed by atoms with E-state index in [4.69, 9.17) is 16.1 Å². The van der Waals surface area contributed by atoms with Crippen molar-refractivity contribution in [3.05, 3.63) is 51.4 Å². The van der Waals surface area contributed by atoms with E-state index in [1.54, 1.807) is 23.7 Å². The Morgan fingerprint density at radius 3 is 2.65 bits per heavy atom. The fourth-order valence-electron chi connectivity index (χ4n) is 2.30. The lowest BCUT2D eigenvalue weighted by Gasteiger charge is -2.08. The minimum atomic E-state index is -0.0921. The highest BCUT2D eigenvalue weighted by molar-refractivity contribution is 6.30. The second-order valence-electron chi connectivity index (χ2n) is 4.62. The Bertz CT molecular complexity index is 831. The van der Waals surface area contributed by atoms with Crippen molar-refractivity contribution in [1.82, 2.24) is 9.72 Å². The predicted octanol–water partition coefficient (Wildman–Crippen LogP) is 3.41. The van der Waals surface area contributed by atoms with Gasteiger partial charge in [-0.1, -0.05) is 35.8 Å². The smallest absolute Gasteiger partial charge is 0.263 e. The van der Waals surface area contributed by atoms with Crippen LogP contribution in [0.5, 0.6) is 0 Å². The van der Waals surface area contributed by atoms with E-state index in [1.807, 2.05) is 25.1 Å². The van der Waals surface area contributed by atoms with Gasteiger partial charge in [0.2, 0.25) is 0 Å². The minimum absolute atomic E-state index is 0.0921. The summed E-state index contributed by atoms with van der Waals surface area (Å²) in [6, 6.07) is 9.18. The first-order chi connectivity index (χ1) is 9.61. The molecule has 3 aromatic rings. The minimum Gasteiger partial charge on any atom is -0.356 e. The van der Waals surface area contributed by atoms with E-state index in [9.17, 15) is 4.79 Å². The van der Waals surface area contributed by atoms with Crippen molar-refractivity contribution >= 4 is 22.6 Å². The fraction of sp³-hybridized carbons (Fsp3) is 0.200. The molecule has 0 aliphatic rings. The van der Waals surface area contributed by atoms with Crippen LogP contribution in [0, 0.1) is 0 Å². The van der Waals surface area contributed by atoms with Gasteiger partial charge in [0, 0.05) is 18.1 Å². The molecule has 0 saturated carbocycles. The van der Waals surface area contributed by atoms with Crippen LogP contribution >= 0.6 is 11.6 Å². The fourth-order valence-corrected chi connectivity index (χ4v) is 2.43. The Balaban J connectivity index is 2.30. The molecule has 2 heterocycles. The van der Waals surface area contributed by atoms with Gasteiger partial charge in [-0.05, 0) is 24.1 Å². The lowest BCUT2D eigenvalue weighted by molar-refractivity contribution is 0.447. The number of rotatable bonds is 2. The SMILES string of the molecule is CCc1noc2cc(-c3ccc(Cl)cc3)n(C)c(=O)c12. The molecular weight excluding hydrogens is 276 g/mol. The van der Waals surface area contributed by atoms with E-state index in [2.05, 4.69) is 5.16 Å². The van der Waals surface area contributed by atoms with Crippen molar-refractivity contribution in [2.24, 2.45) is 7.05 Å². The Morgan fingerprint density at radius 1 is 1.30 bits per heavy atom. The summed E-state index contributed by atoms with van der Waals surface area (Å²) in [6.07, 6.45) is 0.669. The van der Waals surface area contributed by atoms with E-state index < -0.39 is 0 Å². The highest BCUT2D eigenvalue weighted by atomic mass is 35.5. The molecule has 0 bridgehead atoms. The number of nitrogens with zero attached hydrogens (tertiary/aromatic N) is 2. The predicted molar refractivity (Wildman–Crippen MR) is 79.1 cm³/mol. The molecule has 20 heavy (non-hydrogen) atoms. The molecule has 0 saturated heterocycles. The summed E-state index contributed by atoms with van der Waals surface area (Å²) in [5.74, 6) is 0. The monoisotopic (exact) mass is 288 g/mol. The molecule has 2 aromatic heterocycles. The van der Waals surface area contributed by atoms with Crippen molar-refractivity contribution in [2.75, 3.05) is 0 Å². The zero-order chi connectivity index (χ0) is 14.3. The standard InChI is InChI=1S/C15H13ClN2O2/c1-3-11-14-13(20-17-11)8-12(18(2)15(14)19)9-4-6-10(16)7-5-9/h4-8H,3H2,1-2H3. The molecule has 0 spiro atoms. The largest absolute Gasteiger partial charge is 0.356 e. The van der Waals surface area contributed by atoms with Crippen LogP contribution in [0.15, 0.2) is 39.6 Å². The summed E-state index contributed by atoms with van der Waals surface area (Å²) in [7, 11) is 1.75. The molecule has 0 aliphatic carbocycles. The molecule has 0 radical (unpaired) electrons. The number of aryl methyl sites for hydroxylation is 1. The lowest BCUT2D eigenvalue weighted by Crippen LogP contribution is -2.18. The molecule has 0 atom stereocenters. The molecule has 1 aromatic carbocycles. The number of pyridine rings is 1. The summed E-state index contributed by atoms with van der Waals surface area (Å²) >= 11 is 5.89. The number of fused-ring (bicyclic) bond motifs is 1. The molecule has 0 unspecified atom stereocenters. The van der Waals surface area contributed by atoms with E-state index in [0.717, 1.165) is 11.3 Å². The van der Waals surface area contributed by atoms with E-state index in [-0.39, 0.29) is 5.56 Å². The van der Waals surface area contributed by atoms with Gasteiger partial charge in [0.15, 0.2) is 5.58 Å². The van der Waals surface area contributed by atoms with Gasteiger partial charge in [0.1, 0.15) is 5.39 Å². The van der Waals surface area contributed by atoms with Gasteiger partial charge in [-0.15, -0.1) is 0 Å². The Morgan fingerprint density at radius 2 is 2.00 bits per heavy atom. The highest BCUT2D eigenvalue weighted by Gasteiger charge is 2.15. The van der Waals surface area contributed by atoms with Crippen molar-refractivity contribution < 1.29 is 4.52 Å².